The third-order valence-electron chi connectivity index (χ3n) is 7.63. The zero-order chi connectivity index (χ0) is 28.7. The Morgan fingerprint density at radius 3 is 2.36 bits per heavy atom. The molecule has 1 atom stereocenters. The number of ether oxygens (including phenoxy) is 1. The van der Waals surface area contributed by atoms with Gasteiger partial charge in [-0.05, 0) is 59.5 Å². The SMILES string of the molecule is Cc1ccc(Cn2cc([C@H](CC(=O)NCc3ccco3)c3ccc(OCc4ccccc4)cc3)c3ccccc32)cc1. The van der Waals surface area contributed by atoms with Crippen LogP contribution in [-0.4, -0.2) is 10.5 Å². The summed E-state index contributed by atoms with van der Waals surface area (Å²) in [7, 11) is 0. The molecule has 2 aromatic heterocycles. The first-order valence-corrected chi connectivity index (χ1v) is 14.3. The summed E-state index contributed by atoms with van der Waals surface area (Å²) in [5.41, 5.74) is 6.94. The summed E-state index contributed by atoms with van der Waals surface area (Å²) in [6, 6.07) is 39.1. The number of carbonyl (C=O) groups excluding carboxylic acids is 1. The third kappa shape index (κ3) is 6.47. The maximum absolute atomic E-state index is 13.3. The predicted octanol–water partition coefficient (Wildman–Crippen LogP) is 8.01. The van der Waals surface area contributed by atoms with Crippen LogP contribution in [0.2, 0.25) is 0 Å². The first kappa shape index (κ1) is 27.2. The average molecular weight is 555 g/mol. The number of nitrogens with one attached hydrogen (secondary N) is 1. The van der Waals surface area contributed by atoms with E-state index >= 15 is 0 Å². The van der Waals surface area contributed by atoms with Gasteiger partial charge in [0, 0.05) is 36.0 Å². The summed E-state index contributed by atoms with van der Waals surface area (Å²) < 4.78 is 13.8. The molecule has 4 aromatic carbocycles. The van der Waals surface area contributed by atoms with Gasteiger partial charge < -0.3 is 19.0 Å². The van der Waals surface area contributed by atoms with Gasteiger partial charge in [0.2, 0.25) is 5.91 Å². The fourth-order valence-electron chi connectivity index (χ4n) is 5.37. The van der Waals surface area contributed by atoms with Crippen molar-refractivity contribution < 1.29 is 13.9 Å². The average Bonchev–Trinajstić information content (AvgIpc) is 3.68. The Morgan fingerprint density at radius 1 is 0.833 bits per heavy atom. The molecule has 210 valence electrons. The summed E-state index contributed by atoms with van der Waals surface area (Å²) in [6.07, 6.45) is 4.15. The monoisotopic (exact) mass is 554 g/mol. The van der Waals surface area contributed by atoms with Crippen LogP contribution in [-0.2, 0) is 24.5 Å². The van der Waals surface area contributed by atoms with Gasteiger partial charge in [-0.2, -0.15) is 0 Å². The van der Waals surface area contributed by atoms with Crippen LogP contribution in [0.5, 0.6) is 5.75 Å². The molecule has 6 aromatic rings. The largest absolute Gasteiger partial charge is 0.489 e. The van der Waals surface area contributed by atoms with Gasteiger partial charge in [0.15, 0.2) is 0 Å². The zero-order valence-electron chi connectivity index (χ0n) is 23.7. The van der Waals surface area contributed by atoms with E-state index in [4.69, 9.17) is 9.15 Å². The van der Waals surface area contributed by atoms with Gasteiger partial charge >= 0.3 is 0 Å². The maximum Gasteiger partial charge on any atom is 0.221 e. The number of nitrogens with zero attached hydrogens (tertiary/aromatic N) is 1. The minimum absolute atomic E-state index is 0.0313. The fraction of sp³-hybridized carbons (Fsp3) is 0.162. The van der Waals surface area contributed by atoms with Gasteiger partial charge in [-0.3, -0.25) is 4.79 Å². The summed E-state index contributed by atoms with van der Waals surface area (Å²) in [5, 5.41) is 4.19. The number of para-hydroxylation sites is 1. The lowest BCUT2D eigenvalue weighted by atomic mass is 9.88. The summed E-state index contributed by atoms with van der Waals surface area (Å²) in [6.45, 7) is 3.72. The van der Waals surface area contributed by atoms with Crippen LogP contribution in [0.1, 0.15) is 45.9 Å². The van der Waals surface area contributed by atoms with E-state index in [0.29, 0.717) is 19.6 Å². The normalized spacial score (nSPS) is 11.8. The molecule has 0 aliphatic heterocycles. The molecular weight excluding hydrogens is 520 g/mol. The number of aryl methyl sites for hydroxylation is 1. The van der Waals surface area contributed by atoms with Crippen molar-refractivity contribution in [3.05, 3.63) is 161 Å². The molecule has 0 aliphatic rings. The molecule has 0 saturated carbocycles. The molecule has 0 saturated heterocycles. The van der Waals surface area contributed by atoms with Crippen LogP contribution < -0.4 is 10.1 Å². The molecule has 0 bridgehead atoms. The van der Waals surface area contributed by atoms with Crippen LogP contribution in [0.3, 0.4) is 0 Å². The molecule has 1 amide bonds. The van der Waals surface area contributed by atoms with E-state index in [1.54, 1.807) is 6.26 Å². The third-order valence-corrected chi connectivity index (χ3v) is 7.63. The standard InChI is InChI=1S/C37H34N2O3/c1-27-13-15-28(16-14-27)24-39-25-35(33-11-5-6-12-36(33)39)34(22-37(40)38-23-32-10-7-21-41-32)30-17-19-31(20-18-30)42-26-29-8-3-2-4-9-29/h2-21,25,34H,22-24,26H2,1H3,(H,38,40)/t34-/m1/s1. The lowest BCUT2D eigenvalue weighted by molar-refractivity contribution is -0.121. The van der Waals surface area contributed by atoms with E-state index in [1.807, 2.05) is 42.5 Å². The number of amides is 1. The van der Waals surface area contributed by atoms with Crippen LogP contribution in [0.4, 0.5) is 0 Å². The highest BCUT2D eigenvalue weighted by molar-refractivity contribution is 5.86. The number of hydrogen-bond acceptors (Lipinski definition) is 3. The minimum atomic E-state index is -0.144. The molecule has 0 spiro atoms. The van der Waals surface area contributed by atoms with Crippen molar-refractivity contribution in [1.29, 1.82) is 0 Å². The molecule has 2 heterocycles. The van der Waals surface area contributed by atoms with Crippen molar-refractivity contribution in [3.8, 4) is 5.75 Å². The second-order valence-electron chi connectivity index (χ2n) is 10.7. The van der Waals surface area contributed by atoms with Crippen molar-refractivity contribution in [1.82, 2.24) is 9.88 Å². The summed E-state index contributed by atoms with van der Waals surface area (Å²) in [4.78, 5) is 13.3. The molecule has 5 heteroatoms. The van der Waals surface area contributed by atoms with Gasteiger partial charge in [-0.15, -0.1) is 0 Å². The highest BCUT2D eigenvalue weighted by atomic mass is 16.5. The Hall–Kier alpha value is -5.03. The Bertz CT molecular complexity index is 1740. The van der Waals surface area contributed by atoms with E-state index < -0.39 is 0 Å². The van der Waals surface area contributed by atoms with Crippen LogP contribution in [0.25, 0.3) is 10.9 Å². The van der Waals surface area contributed by atoms with Crippen LogP contribution in [0.15, 0.2) is 132 Å². The first-order valence-electron chi connectivity index (χ1n) is 14.3. The summed E-state index contributed by atoms with van der Waals surface area (Å²) in [5.74, 6) is 1.35. The Kier molecular flexibility index (Phi) is 8.18. The zero-order valence-corrected chi connectivity index (χ0v) is 23.7. The Balaban J connectivity index is 1.30. The molecule has 0 radical (unpaired) electrons. The van der Waals surface area contributed by atoms with Crippen molar-refractivity contribution in [2.75, 3.05) is 0 Å². The second kappa shape index (κ2) is 12.6. The maximum atomic E-state index is 13.3. The quantitative estimate of drug-likeness (QED) is 0.176. The highest BCUT2D eigenvalue weighted by Gasteiger charge is 2.23. The van der Waals surface area contributed by atoms with Gasteiger partial charge in [0.1, 0.15) is 18.1 Å². The first-order chi connectivity index (χ1) is 20.6. The number of aromatic nitrogens is 1. The van der Waals surface area contributed by atoms with E-state index in [-0.39, 0.29) is 11.8 Å². The number of furan rings is 1. The molecule has 6 rings (SSSR count). The fourth-order valence-corrected chi connectivity index (χ4v) is 5.37. The predicted molar refractivity (Wildman–Crippen MR) is 166 cm³/mol. The Morgan fingerprint density at radius 2 is 1.60 bits per heavy atom. The second-order valence-corrected chi connectivity index (χ2v) is 10.7. The van der Waals surface area contributed by atoms with Crippen molar-refractivity contribution in [2.24, 2.45) is 0 Å². The topological polar surface area (TPSA) is 56.4 Å². The molecule has 5 nitrogen and oxygen atoms in total. The number of benzene rings is 4. The van der Waals surface area contributed by atoms with Crippen molar-refractivity contribution in [3.63, 3.8) is 0 Å². The van der Waals surface area contributed by atoms with Gasteiger partial charge in [0.05, 0.1) is 12.8 Å². The molecular formula is C37H34N2O3. The number of carbonyl (C=O) groups is 1. The van der Waals surface area contributed by atoms with E-state index in [9.17, 15) is 4.79 Å². The van der Waals surface area contributed by atoms with Gasteiger partial charge in [-0.25, -0.2) is 0 Å². The van der Waals surface area contributed by atoms with Crippen molar-refractivity contribution >= 4 is 16.8 Å². The lowest BCUT2D eigenvalue weighted by Gasteiger charge is -2.18. The molecule has 0 fully saturated rings. The minimum Gasteiger partial charge on any atom is -0.489 e. The smallest absolute Gasteiger partial charge is 0.221 e. The van der Waals surface area contributed by atoms with E-state index in [2.05, 4.69) is 95.8 Å². The van der Waals surface area contributed by atoms with Crippen molar-refractivity contribution in [2.45, 2.75) is 39.0 Å². The molecule has 0 aliphatic carbocycles. The summed E-state index contributed by atoms with van der Waals surface area (Å²) >= 11 is 0. The lowest BCUT2D eigenvalue weighted by Crippen LogP contribution is -2.24. The van der Waals surface area contributed by atoms with Crippen LogP contribution >= 0.6 is 0 Å². The number of fused-ring (bicyclic) bond motifs is 1. The van der Waals surface area contributed by atoms with Gasteiger partial charge in [0.25, 0.3) is 0 Å². The Labute approximate surface area is 246 Å². The van der Waals surface area contributed by atoms with E-state index in [1.165, 1.54) is 11.1 Å². The number of rotatable bonds is 11. The van der Waals surface area contributed by atoms with E-state index in [0.717, 1.165) is 45.6 Å². The molecule has 42 heavy (non-hydrogen) atoms. The van der Waals surface area contributed by atoms with Crippen LogP contribution in [0, 0.1) is 6.92 Å². The van der Waals surface area contributed by atoms with Gasteiger partial charge in [-0.1, -0.05) is 90.5 Å². The molecule has 1 N–H and O–H groups in total. The number of hydrogen-bond donors (Lipinski definition) is 1. The molecule has 0 unspecified atom stereocenters. The highest BCUT2D eigenvalue weighted by Crippen LogP contribution is 2.36.